The topological polar surface area (TPSA) is 61.4 Å². The highest BCUT2D eigenvalue weighted by atomic mass is 16.5. The average molecular weight is 346 g/mol. The van der Waals surface area contributed by atoms with Crippen molar-refractivity contribution in [2.24, 2.45) is 0 Å². The third-order valence-electron chi connectivity index (χ3n) is 4.09. The van der Waals surface area contributed by atoms with E-state index >= 15 is 0 Å². The first kappa shape index (κ1) is 16.1. The van der Waals surface area contributed by atoms with Gasteiger partial charge >= 0.3 is 5.97 Å². The van der Waals surface area contributed by atoms with E-state index in [1.54, 1.807) is 18.3 Å². The van der Waals surface area contributed by atoms with Gasteiger partial charge in [-0.25, -0.2) is 9.78 Å². The maximum atomic E-state index is 12.2. The number of carbonyl (C=O) groups is 1. The van der Waals surface area contributed by atoms with Crippen LogP contribution in [0.1, 0.15) is 27.2 Å². The molecule has 4 aromatic rings. The van der Waals surface area contributed by atoms with Crippen LogP contribution in [-0.2, 0) is 17.9 Å². The van der Waals surface area contributed by atoms with Gasteiger partial charge in [-0.2, -0.15) is 5.10 Å². The fourth-order valence-corrected chi connectivity index (χ4v) is 2.78. The van der Waals surface area contributed by atoms with E-state index in [4.69, 9.17) is 4.74 Å². The monoisotopic (exact) mass is 346 g/mol. The summed E-state index contributed by atoms with van der Waals surface area (Å²) in [4.78, 5) is 16.7. The third-order valence-corrected chi connectivity index (χ3v) is 4.09. The number of pyridine rings is 1. The van der Waals surface area contributed by atoms with Gasteiger partial charge in [-0.1, -0.05) is 18.2 Å². The lowest BCUT2D eigenvalue weighted by Crippen LogP contribution is -2.06. The van der Waals surface area contributed by atoms with E-state index in [0.29, 0.717) is 12.1 Å². The SMILES string of the molecule is Cc1ccc2nc(COC(=O)c3ccc(Cn4cccn4)cc3)cn2c1. The second kappa shape index (κ2) is 6.84. The van der Waals surface area contributed by atoms with Gasteiger partial charge in [-0.15, -0.1) is 0 Å². The molecule has 0 atom stereocenters. The van der Waals surface area contributed by atoms with Gasteiger partial charge in [0.25, 0.3) is 0 Å². The van der Waals surface area contributed by atoms with E-state index in [9.17, 15) is 4.79 Å². The van der Waals surface area contributed by atoms with Crippen molar-refractivity contribution >= 4 is 11.6 Å². The first-order valence-corrected chi connectivity index (χ1v) is 8.35. The van der Waals surface area contributed by atoms with Crippen LogP contribution < -0.4 is 0 Å². The summed E-state index contributed by atoms with van der Waals surface area (Å²) in [5, 5.41) is 4.17. The van der Waals surface area contributed by atoms with Crippen molar-refractivity contribution in [1.29, 1.82) is 0 Å². The number of aromatic nitrogens is 4. The van der Waals surface area contributed by atoms with Gasteiger partial charge in [-0.3, -0.25) is 4.68 Å². The number of fused-ring (bicyclic) bond motifs is 1. The second-order valence-electron chi connectivity index (χ2n) is 6.18. The molecule has 6 heteroatoms. The second-order valence-corrected chi connectivity index (χ2v) is 6.18. The Balaban J connectivity index is 1.39. The number of imidazole rings is 1. The molecular formula is C20H18N4O2. The number of nitrogens with zero attached hydrogens (tertiary/aromatic N) is 4. The summed E-state index contributed by atoms with van der Waals surface area (Å²) in [7, 11) is 0. The minimum Gasteiger partial charge on any atom is -0.456 e. The molecule has 0 saturated heterocycles. The largest absolute Gasteiger partial charge is 0.456 e. The number of hydrogen-bond donors (Lipinski definition) is 0. The Labute approximate surface area is 150 Å². The van der Waals surface area contributed by atoms with Crippen LogP contribution in [0.4, 0.5) is 0 Å². The molecule has 0 unspecified atom stereocenters. The Morgan fingerprint density at radius 1 is 1.12 bits per heavy atom. The molecule has 6 nitrogen and oxygen atoms in total. The summed E-state index contributed by atoms with van der Waals surface area (Å²) in [5.41, 5.74) is 4.30. The van der Waals surface area contributed by atoms with Crippen LogP contribution in [0.5, 0.6) is 0 Å². The molecule has 0 aliphatic carbocycles. The Bertz CT molecular complexity index is 1030. The minimum absolute atomic E-state index is 0.147. The number of ether oxygens (including phenoxy) is 1. The quantitative estimate of drug-likeness (QED) is 0.521. The summed E-state index contributed by atoms with van der Waals surface area (Å²) in [6.45, 7) is 2.84. The zero-order valence-electron chi connectivity index (χ0n) is 14.4. The molecule has 0 spiro atoms. The Kier molecular flexibility index (Phi) is 4.23. The minimum atomic E-state index is -0.358. The molecule has 0 aliphatic heterocycles. The summed E-state index contributed by atoms with van der Waals surface area (Å²) in [5.74, 6) is -0.358. The maximum absolute atomic E-state index is 12.2. The van der Waals surface area contributed by atoms with Crippen LogP contribution in [0, 0.1) is 6.92 Å². The number of benzene rings is 1. The molecule has 130 valence electrons. The van der Waals surface area contributed by atoms with Crippen LogP contribution in [0.3, 0.4) is 0 Å². The van der Waals surface area contributed by atoms with Crippen molar-refractivity contribution in [2.45, 2.75) is 20.1 Å². The molecule has 3 aromatic heterocycles. The van der Waals surface area contributed by atoms with Crippen molar-refractivity contribution in [2.75, 3.05) is 0 Å². The van der Waals surface area contributed by atoms with E-state index in [2.05, 4.69) is 10.1 Å². The Morgan fingerprint density at radius 3 is 2.73 bits per heavy atom. The van der Waals surface area contributed by atoms with E-state index < -0.39 is 0 Å². The van der Waals surface area contributed by atoms with Crippen molar-refractivity contribution in [3.05, 3.63) is 89.6 Å². The first-order valence-electron chi connectivity index (χ1n) is 8.35. The molecule has 0 bridgehead atoms. The lowest BCUT2D eigenvalue weighted by Gasteiger charge is -2.05. The maximum Gasteiger partial charge on any atom is 0.338 e. The van der Waals surface area contributed by atoms with Crippen LogP contribution >= 0.6 is 0 Å². The summed E-state index contributed by atoms with van der Waals surface area (Å²) < 4.78 is 9.15. The Hall–Kier alpha value is -3.41. The van der Waals surface area contributed by atoms with E-state index in [1.165, 1.54) is 0 Å². The molecule has 0 aliphatic rings. The van der Waals surface area contributed by atoms with Gasteiger partial charge < -0.3 is 9.14 Å². The summed E-state index contributed by atoms with van der Waals surface area (Å²) in [6.07, 6.45) is 7.51. The van der Waals surface area contributed by atoms with Gasteiger partial charge in [0, 0.05) is 24.8 Å². The number of rotatable bonds is 5. The zero-order valence-corrected chi connectivity index (χ0v) is 14.4. The van der Waals surface area contributed by atoms with Crippen LogP contribution in [0.25, 0.3) is 5.65 Å². The fourth-order valence-electron chi connectivity index (χ4n) is 2.78. The molecule has 0 amide bonds. The molecule has 0 saturated carbocycles. The van der Waals surface area contributed by atoms with Crippen molar-refractivity contribution in [1.82, 2.24) is 19.2 Å². The van der Waals surface area contributed by atoms with Gasteiger partial charge in [0.15, 0.2) is 0 Å². The molecular weight excluding hydrogens is 328 g/mol. The number of aryl methyl sites for hydroxylation is 1. The Morgan fingerprint density at radius 2 is 1.96 bits per heavy atom. The predicted molar refractivity (Wildman–Crippen MR) is 96.8 cm³/mol. The number of esters is 1. The molecule has 1 aromatic carbocycles. The number of hydrogen-bond acceptors (Lipinski definition) is 4. The third kappa shape index (κ3) is 3.49. The highest BCUT2D eigenvalue weighted by molar-refractivity contribution is 5.89. The normalized spacial score (nSPS) is 11.0. The van der Waals surface area contributed by atoms with E-state index in [-0.39, 0.29) is 12.6 Å². The molecule has 0 fully saturated rings. The molecule has 4 rings (SSSR count). The number of carbonyl (C=O) groups excluding carboxylic acids is 1. The van der Waals surface area contributed by atoms with Gasteiger partial charge in [-0.05, 0) is 42.3 Å². The smallest absolute Gasteiger partial charge is 0.338 e. The van der Waals surface area contributed by atoms with Gasteiger partial charge in [0.2, 0.25) is 0 Å². The van der Waals surface area contributed by atoms with Gasteiger partial charge in [0.05, 0.1) is 17.8 Å². The molecule has 0 N–H and O–H groups in total. The van der Waals surface area contributed by atoms with Crippen molar-refractivity contribution in [3.8, 4) is 0 Å². The average Bonchev–Trinajstić information content (AvgIpc) is 3.29. The fraction of sp³-hybridized carbons (Fsp3) is 0.150. The highest BCUT2D eigenvalue weighted by Gasteiger charge is 2.09. The lowest BCUT2D eigenvalue weighted by atomic mass is 10.1. The van der Waals surface area contributed by atoms with Crippen molar-refractivity contribution < 1.29 is 9.53 Å². The van der Waals surface area contributed by atoms with Crippen molar-refractivity contribution in [3.63, 3.8) is 0 Å². The predicted octanol–water partition coefficient (Wildman–Crippen LogP) is 3.24. The highest BCUT2D eigenvalue weighted by Crippen LogP contribution is 2.11. The van der Waals surface area contributed by atoms with E-state index in [1.807, 2.05) is 64.9 Å². The van der Waals surface area contributed by atoms with Crippen LogP contribution in [-0.4, -0.2) is 25.1 Å². The van der Waals surface area contributed by atoms with Crippen LogP contribution in [0.15, 0.2) is 67.3 Å². The molecule has 0 radical (unpaired) electrons. The summed E-state index contributed by atoms with van der Waals surface area (Å²) >= 11 is 0. The standard InChI is InChI=1S/C20H18N4O2/c1-15-3-8-19-22-18(13-23(19)11-15)14-26-20(25)17-6-4-16(5-7-17)12-24-10-2-9-21-24/h2-11,13H,12,14H2,1H3. The molecule has 26 heavy (non-hydrogen) atoms. The first-order chi connectivity index (χ1) is 12.7. The van der Waals surface area contributed by atoms with Gasteiger partial charge in [0.1, 0.15) is 12.3 Å². The zero-order chi connectivity index (χ0) is 17.9. The molecule has 3 heterocycles. The lowest BCUT2D eigenvalue weighted by molar-refractivity contribution is 0.0468. The summed E-state index contributed by atoms with van der Waals surface area (Å²) in [6, 6.07) is 13.2. The van der Waals surface area contributed by atoms with Crippen LogP contribution in [0.2, 0.25) is 0 Å². The van der Waals surface area contributed by atoms with E-state index in [0.717, 1.165) is 22.5 Å².